The summed E-state index contributed by atoms with van der Waals surface area (Å²) >= 11 is 5.93. The lowest BCUT2D eigenvalue weighted by Gasteiger charge is -2.38. The number of primary amides is 1. The molecule has 1 aliphatic carbocycles. The van der Waals surface area contributed by atoms with Gasteiger partial charge in [0, 0.05) is 18.2 Å². The molecule has 10 heteroatoms. The van der Waals surface area contributed by atoms with E-state index in [1.807, 2.05) is 25.2 Å². The van der Waals surface area contributed by atoms with Crippen molar-refractivity contribution in [1.82, 2.24) is 20.0 Å². The zero-order valence-corrected chi connectivity index (χ0v) is 21.0. The van der Waals surface area contributed by atoms with Gasteiger partial charge in [-0.15, -0.1) is 0 Å². The maximum absolute atomic E-state index is 13.6. The number of fused-ring (bicyclic) bond motifs is 1. The van der Waals surface area contributed by atoms with E-state index in [0.717, 1.165) is 24.2 Å². The predicted octanol–water partition coefficient (Wildman–Crippen LogP) is 4.41. The Morgan fingerprint density at radius 3 is 2.69 bits per heavy atom. The molecule has 2 heterocycles. The monoisotopic (exact) mass is 513 g/mol. The molecule has 0 saturated heterocycles. The molecular formula is C26H29ClFN5O3. The highest BCUT2D eigenvalue weighted by Crippen LogP contribution is 2.34. The van der Waals surface area contributed by atoms with E-state index in [0.29, 0.717) is 36.0 Å². The second-order valence-corrected chi connectivity index (χ2v) is 9.33. The topological polar surface area (TPSA) is 102 Å². The predicted molar refractivity (Wildman–Crippen MR) is 136 cm³/mol. The molecule has 4 rings (SSSR count). The number of amides is 3. The Balaban J connectivity index is 1.40. The number of halogens is 2. The van der Waals surface area contributed by atoms with Gasteiger partial charge < -0.3 is 20.7 Å². The minimum absolute atomic E-state index is 0.0515. The minimum atomic E-state index is -0.670. The summed E-state index contributed by atoms with van der Waals surface area (Å²) in [5, 5.41) is 7.51. The Hall–Kier alpha value is -3.59. The lowest BCUT2D eigenvalue weighted by atomic mass is 9.76. The van der Waals surface area contributed by atoms with Crippen LogP contribution in [0.1, 0.15) is 35.8 Å². The van der Waals surface area contributed by atoms with E-state index < -0.39 is 11.7 Å². The van der Waals surface area contributed by atoms with Gasteiger partial charge >= 0.3 is 6.03 Å². The molecule has 0 unspecified atom stereocenters. The maximum Gasteiger partial charge on any atom is 0.318 e. The Bertz CT molecular complexity index is 1260. The van der Waals surface area contributed by atoms with E-state index in [4.69, 9.17) is 22.1 Å². The van der Waals surface area contributed by atoms with E-state index in [1.165, 1.54) is 18.2 Å². The summed E-state index contributed by atoms with van der Waals surface area (Å²) in [6, 6.07) is 3.97. The van der Waals surface area contributed by atoms with Gasteiger partial charge in [0.05, 0.1) is 36.5 Å². The summed E-state index contributed by atoms with van der Waals surface area (Å²) < 4.78 is 20.5. The van der Waals surface area contributed by atoms with Crippen molar-refractivity contribution in [2.75, 3.05) is 13.7 Å². The molecule has 190 valence electrons. The van der Waals surface area contributed by atoms with Crippen molar-refractivity contribution in [3.05, 3.63) is 76.4 Å². The fourth-order valence-corrected chi connectivity index (χ4v) is 4.69. The van der Waals surface area contributed by atoms with Crippen molar-refractivity contribution in [3.8, 4) is 11.3 Å². The molecule has 0 spiro atoms. The van der Waals surface area contributed by atoms with Crippen molar-refractivity contribution in [2.24, 2.45) is 11.7 Å². The summed E-state index contributed by atoms with van der Waals surface area (Å²) in [6.45, 7) is 7.05. The van der Waals surface area contributed by atoms with Crippen LogP contribution < -0.4 is 11.1 Å². The van der Waals surface area contributed by atoms with Crippen LogP contribution in [0.3, 0.4) is 0 Å². The second-order valence-electron chi connectivity index (χ2n) is 8.93. The first-order chi connectivity index (χ1) is 17.2. The van der Waals surface area contributed by atoms with Crippen molar-refractivity contribution in [1.29, 1.82) is 0 Å². The number of carbonyl (C=O) groups is 2. The molecule has 0 radical (unpaired) electrons. The zero-order chi connectivity index (χ0) is 26.0. The third kappa shape index (κ3) is 5.16. The van der Waals surface area contributed by atoms with Gasteiger partial charge in [0.2, 0.25) is 0 Å². The number of nitrogens with zero attached hydrogens (tertiary/aromatic N) is 3. The molecular weight excluding hydrogens is 485 g/mol. The number of nitrogens with one attached hydrogen (secondary N) is 1. The molecule has 2 aliphatic rings. The summed E-state index contributed by atoms with van der Waals surface area (Å²) in [5.74, 6) is -0.165. The van der Waals surface area contributed by atoms with Gasteiger partial charge in [-0.1, -0.05) is 29.8 Å². The largest absolute Gasteiger partial charge is 0.497 e. The first-order valence-corrected chi connectivity index (χ1v) is 12.1. The van der Waals surface area contributed by atoms with E-state index in [9.17, 15) is 14.0 Å². The van der Waals surface area contributed by atoms with Crippen LogP contribution in [0.5, 0.6) is 0 Å². The number of ether oxygens (including phenoxy) is 1. The molecule has 36 heavy (non-hydrogen) atoms. The third-order valence-corrected chi connectivity index (χ3v) is 6.97. The average Bonchev–Trinajstić information content (AvgIpc) is 3.22. The van der Waals surface area contributed by atoms with Crippen LogP contribution in [0.15, 0.2) is 54.3 Å². The minimum Gasteiger partial charge on any atom is -0.497 e. The Morgan fingerprint density at radius 2 is 2.06 bits per heavy atom. The Labute approximate surface area is 214 Å². The number of methoxy groups -OCH3 is 1. The van der Waals surface area contributed by atoms with Crippen LogP contribution in [-0.2, 0) is 17.8 Å². The molecule has 0 atom stereocenters. The van der Waals surface area contributed by atoms with Crippen LogP contribution in [0.25, 0.3) is 11.3 Å². The summed E-state index contributed by atoms with van der Waals surface area (Å²) in [4.78, 5) is 27.0. The molecule has 2 aromatic rings. The number of carbonyl (C=O) groups excluding carboxylic acids is 2. The highest BCUT2D eigenvalue weighted by atomic mass is 35.5. The van der Waals surface area contributed by atoms with Crippen LogP contribution in [-0.4, -0.2) is 46.3 Å². The first-order valence-electron chi connectivity index (χ1n) is 11.7. The number of benzene rings is 1. The first kappa shape index (κ1) is 25.5. The molecule has 1 saturated carbocycles. The maximum atomic E-state index is 13.6. The van der Waals surface area contributed by atoms with E-state index >= 15 is 0 Å². The van der Waals surface area contributed by atoms with Crippen molar-refractivity contribution < 1.29 is 18.7 Å². The molecule has 0 bridgehead atoms. The lowest BCUT2D eigenvalue weighted by molar-refractivity contribution is 0.0997. The SMILES string of the molecule is C=C(C=CC(=CC)OC)C1CC(NC(=O)N2CCn3nc(-c4ccc(F)c(Cl)c4)c(C(N)=O)c3C2)C1. The van der Waals surface area contributed by atoms with Crippen molar-refractivity contribution >= 4 is 23.5 Å². The second kappa shape index (κ2) is 10.6. The van der Waals surface area contributed by atoms with Gasteiger partial charge in [-0.05, 0) is 56.0 Å². The molecule has 1 aliphatic heterocycles. The molecule has 1 aromatic heterocycles. The smallest absolute Gasteiger partial charge is 0.318 e. The number of hydrogen-bond acceptors (Lipinski definition) is 4. The van der Waals surface area contributed by atoms with Gasteiger partial charge in [-0.2, -0.15) is 5.10 Å². The highest BCUT2D eigenvalue weighted by Gasteiger charge is 2.34. The number of allylic oxidation sites excluding steroid dienone is 4. The zero-order valence-electron chi connectivity index (χ0n) is 20.3. The summed E-state index contributed by atoms with van der Waals surface area (Å²) in [6.07, 6.45) is 7.32. The van der Waals surface area contributed by atoms with Gasteiger partial charge in [0.15, 0.2) is 0 Å². The van der Waals surface area contributed by atoms with Gasteiger partial charge in [0.1, 0.15) is 17.3 Å². The van der Waals surface area contributed by atoms with Gasteiger partial charge in [-0.25, -0.2) is 9.18 Å². The van der Waals surface area contributed by atoms with Crippen LogP contribution in [0.4, 0.5) is 9.18 Å². The Kier molecular flexibility index (Phi) is 7.49. The summed E-state index contributed by atoms with van der Waals surface area (Å²) in [5.41, 5.74) is 8.24. The third-order valence-electron chi connectivity index (χ3n) is 6.68. The fraction of sp³-hybridized carbons (Fsp3) is 0.346. The molecule has 1 aromatic carbocycles. The van der Waals surface area contributed by atoms with Crippen LogP contribution in [0.2, 0.25) is 5.02 Å². The quantitative estimate of drug-likeness (QED) is 0.423. The number of rotatable bonds is 7. The standard InChI is InChI=1S/C26H29ClFN5O3/c1-4-19(36-3)7-5-15(2)17-11-18(12-17)30-26(35)32-9-10-33-22(14-32)23(25(29)34)24(31-33)16-6-8-21(28)20(27)13-16/h4-8,13,17-18H,2,9-12,14H2,1,3H3,(H2,29,34)(H,30,35). The number of aromatic nitrogens is 2. The van der Waals surface area contributed by atoms with Gasteiger partial charge in [-0.3, -0.25) is 9.48 Å². The molecule has 8 nitrogen and oxygen atoms in total. The van der Waals surface area contributed by atoms with E-state index in [1.54, 1.807) is 16.7 Å². The normalized spacial score (nSPS) is 19.6. The van der Waals surface area contributed by atoms with Crippen molar-refractivity contribution in [3.63, 3.8) is 0 Å². The Morgan fingerprint density at radius 1 is 1.31 bits per heavy atom. The number of nitrogens with two attached hydrogens (primary N) is 1. The lowest BCUT2D eigenvalue weighted by Crippen LogP contribution is -2.51. The number of urea groups is 1. The summed E-state index contributed by atoms with van der Waals surface area (Å²) in [7, 11) is 1.62. The van der Waals surface area contributed by atoms with Crippen LogP contribution in [0, 0.1) is 11.7 Å². The van der Waals surface area contributed by atoms with E-state index in [2.05, 4.69) is 17.0 Å². The molecule has 1 fully saturated rings. The van der Waals surface area contributed by atoms with Crippen molar-refractivity contribution in [2.45, 2.75) is 38.9 Å². The fourth-order valence-electron chi connectivity index (χ4n) is 4.51. The average molecular weight is 514 g/mol. The number of hydrogen-bond donors (Lipinski definition) is 2. The highest BCUT2D eigenvalue weighted by molar-refractivity contribution is 6.31. The van der Waals surface area contributed by atoms with Crippen LogP contribution >= 0.6 is 11.6 Å². The van der Waals surface area contributed by atoms with E-state index in [-0.39, 0.29) is 29.2 Å². The molecule has 3 amide bonds. The molecule has 3 N–H and O–H groups in total. The van der Waals surface area contributed by atoms with Gasteiger partial charge in [0.25, 0.3) is 5.91 Å².